The summed E-state index contributed by atoms with van der Waals surface area (Å²) in [6, 6.07) is 8.18. The molecule has 3 nitrogen and oxygen atoms in total. The van der Waals surface area contributed by atoms with Crippen LogP contribution >= 0.6 is 15.9 Å². The zero-order valence-electron chi connectivity index (χ0n) is 11.3. The second kappa shape index (κ2) is 7.89. The van der Waals surface area contributed by atoms with E-state index in [0.717, 1.165) is 23.0 Å². The maximum atomic E-state index is 10.1. The van der Waals surface area contributed by atoms with Crippen molar-refractivity contribution in [3.63, 3.8) is 0 Å². The molecule has 0 amide bonds. The summed E-state index contributed by atoms with van der Waals surface area (Å²) in [6.07, 6.45) is 0.321. The molecule has 102 valence electrons. The molecular weight excluding hydrogens is 294 g/mol. The largest absolute Gasteiger partial charge is 0.388 e. The van der Waals surface area contributed by atoms with Crippen LogP contribution in [0.5, 0.6) is 0 Å². The number of benzene rings is 1. The van der Waals surface area contributed by atoms with Crippen LogP contribution in [-0.2, 0) is 4.74 Å². The van der Waals surface area contributed by atoms with Gasteiger partial charge in [0.25, 0.3) is 0 Å². The Morgan fingerprint density at radius 1 is 1.33 bits per heavy atom. The number of halogens is 1. The van der Waals surface area contributed by atoms with Gasteiger partial charge in [-0.2, -0.15) is 0 Å². The van der Waals surface area contributed by atoms with E-state index in [2.05, 4.69) is 34.8 Å². The van der Waals surface area contributed by atoms with Crippen LogP contribution < -0.4 is 0 Å². The van der Waals surface area contributed by atoms with Gasteiger partial charge < -0.3 is 14.7 Å². The number of likely N-dealkylation sites (N-methyl/N-ethyl adjacent to an activating group) is 1. The molecule has 0 aromatic heterocycles. The third kappa shape index (κ3) is 5.06. The van der Waals surface area contributed by atoms with Gasteiger partial charge in [-0.15, -0.1) is 0 Å². The topological polar surface area (TPSA) is 32.7 Å². The zero-order valence-corrected chi connectivity index (χ0v) is 12.9. The van der Waals surface area contributed by atoms with Gasteiger partial charge >= 0.3 is 0 Å². The van der Waals surface area contributed by atoms with Gasteiger partial charge in [0.15, 0.2) is 0 Å². The Balaban J connectivity index is 2.41. The van der Waals surface area contributed by atoms with Crippen molar-refractivity contribution in [1.29, 1.82) is 0 Å². The molecule has 1 rings (SSSR count). The molecule has 0 aliphatic carbocycles. The Hall–Kier alpha value is -0.420. The summed E-state index contributed by atoms with van der Waals surface area (Å²) < 4.78 is 6.15. The van der Waals surface area contributed by atoms with Crippen LogP contribution in [0, 0.1) is 0 Å². The van der Waals surface area contributed by atoms with E-state index in [1.165, 1.54) is 0 Å². The third-order valence-electron chi connectivity index (χ3n) is 3.17. The van der Waals surface area contributed by atoms with Crippen molar-refractivity contribution < 1.29 is 9.84 Å². The maximum absolute atomic E-state index is 10.1. The van der Waals surface area contributed by atoms with Crippen molar-refractivity contribution in [2.24, 2.45) is 0 Å². The van der Waals surface area contributed by atoms with Crippen molar-refractivity contribution in [3.8, 4) is 0 Å². The first-order valence-corrected chi connectivity index (χ1v) is 6.96. The van der Waals surface area contributed by atoms with Gasteiger partial charge in [0, 0.05) is 24.2 Å². The fraction of sp³-hybridized carbons (Fsp3) is 0.571. The lowest BCUT2D eigenvalue weighted by molar-refractivity contribution is 0.0960. The third-order valence-corrected chi connectivity index (χ3v) is 3.70. The molecule has 0 heterocycles. The highest BCUT2D eigenvalue weighted by molar-refractivity contribution is 9.10. The van der Waals surface area contributed by atoms with Gasteiger partial charge in [-0.1, -0.05) is 28.1 Å². The van der Waals surface area contributed by atoms with Crippen LogP contribution in [0.2, 0.25) is 0 Å². The number of hydrogen-bond acceptors (Lipinski definition) is 3. The lowest BCUT2D eigenvalue weighted by Gasteiger charge is -2.25. The summed E-state index contributed by atoms with van der Waals surface area (Å²) >= 11 is 3.39. The van der Waals surface area contributed by atoms with Crippen LogP contribution in [0.3, 0.4) is 0 Å². The molecule has 0 aliphatic heterocycles. The second-order valence-electron chi connectivity index (χ2n) is 4.64. The first-order valence-electron chi connectivity index (χ1n) is 6.17. The lowest BCUT2D eigenvalue weighted by Crippen LogP contribution is -2.34. The highest BCUT2D eigenvalue weighted by Crippen LogP contribution is 2.19. The minimum Gasteiger partial charge on any atom is -0.388 e. The number of aliphatic hydroxyl groups excluding tert-OH is 1. The summed E-state index contributed by atoms with van der Waals surface area (Å²) in [6.45, 7) is 3.68. The Morgan fingerprint density at radius 3 is 2.50 bits per heavy atom. The molecule has 1 aromatic rings. The van der Waals surface area contributed by atoms with E-state index in [4.69, 9.17) is 4.74 Å². The van der Waals surface area contributed by atoms with Crippen LogP contribution in [0.1, 0.15) is 25.0 Å². The SMILES string of the molecule is COCC(C)N(C)CCC(O)c1ccc(Br)cc1. The van der Waals surface area contributed by atoms with Gasteiger partial charge in [0.05, 0.1) is 12.7 Å². The van der Waals surface area contributed by atoms with E-state index in [1.807, 2.05) is 24.3 Å². The Morgan fingerprint density at radius 2 is 1.94 bits per heavy atom. The van der Waals surface area contributed by atoms with E-state index in [-0.39, 0.29) is 0 Å². The summed E-state index contributed by atoms with van der Waals surface area (Å²) in [7, 11) is 3.76. The average molecular weight is 316 g/mol. The highest BCUT2D eigenvalue weighted by atomic mass is 79.9. The fourth-order valence-electron chi connectivity index (χ4n) is 1.77. The van der Waals surface area contributed by atoms with Gasteiger partial charge in [0.1, 0.15) is 0 Å². The minimum atomic E-state index is -0.407. The number of aliphatic hydroxyl groups is 1. The first-order chi connectivity index (χ1) is 8.54. The van der Waals surface area contributed by atoms with E-state index in [1.54, 1.807) is 7.11 Å². The van der Waals surface area contributed by atoms with Crippen molar-refractivity contribution in [2.75, 3.05) is 27.3 Å². The summed E-state index contributed by atoms with van der Waals surface area (Å²) in [5.41, 5.74) is 0.964. The summed E-state index contributed by atoms with van der Waals surface area (Å²) in [5.74, 6) is 0. The molecule has 2 unspecified atom stereocenters. The van der Waals surface area contributed by atoms with Crippen molar-refractivity contribution in [1.82, 2.24) is 4.90 Å². The van der Waals surface area contributed by atoms with Gasteiger partial charge in [-0.3, -0.25) is 0 Å². The van der Waals surface area contributed by atoms with Crippen molar-refractivity contribution in [3.05, 3.63) is 34.3 Å². The van der Waals surface area contributed by atoms with Crippen LogP contribution in [0.25, 0.3) is 0 Å². The predicted molar refractivity (Wildman–Crippen MR) is 77.7 cm³/mol. The lowest BCUT2D eigenvalue weighted by atomic mass is 10.1. The molecule has 1 N–H and O–H groups in total. The normalized spacial score (nSPS) is 14.8. The molecule has 0 saturated carbocycles. The predicted octanol–water partition coefficient (Wildman–Crippen LogP) is 2.84. The highest BCUT2D eigenvalue weighted by Gasteiger charge is 2.12. The van der Waals surface area contributed by atoms with Gasteiger partial charge in [0.2, 0.25) is 0 Å². The molecule has 0 spiro atoms. The molecule has 0 bridgehead atoms. The standard InChI is InChI=1S/C14H22BrNO2/c1-11(10-18-3)16(2)9-8-14(17)12-4-6-13(15)7-5-12/h4-7,11,14,17H,8-10H2,1-3H3. The van der Waals surface area contributed by atoms with Crippen LogP contribution in [0.4, 0.5) is 0 Å². The maximum Gasteiger partial charge on any atom is 0.0802 e. The number of nitrogens with zero attached hydrogens (tertiary/aromatic N) is 1. The summed E-state index contributed by atoms with van der Waals surface area (Å²) in [5, 5.41) is 10.1. The monoisotopic (exact) mass is 315 g/mol. The molecule has 0 radical (unpaired) electrons. The fourth-order valence-corrected chi connectivity index (χ4v) is 2.03. The molecule has 2 atom stereocenters. The van der Waals surface area contributed by atoms with E-state index in [0.29, 0.717) is 12.6 Å². The second-order valence-corrected chi connectivity index (χ2v) is 5.56. The molecule has 1 aromatic carbocycles. The van der Waals surface area contributed by atoms with Gasteiger partial charge in [-0.05, 0) is 38.1 Å². The zero-order chi connectivity index (χ0) is 13.5. The Kier molecular flexibility index (Phi) is 6.86. The molecular formula is C14H22BrNO2. The van der Waals surface area contributed by atoms with Crippen molar-refractivity contribution >= 4 is 15.9 Å². The number of rotatable bonds is 7. The minimum absolute atomic E-state index is 0.368. The molecule has 0 fully saturated rings. The molecule has 4 heteroatoms. The Labute approximate surface area is 118 Å². The number of methoxy groups -OCH3 is 1. The first kappa shape index (κ1) is 15.6. The molecule has 0 aliphatic rings. The van der Waals surface area contributed by atoms with Crippen LogP contribution in [0.15, 0.2) is 28.7 Å². The van der Waals surface area contributed by atoms with E-state index in [9.17, 15) is 5.11 Å². The molecule has 0 saturated heterocycles. The number of ether oxygens (including phenoxy) is 1. The van der Waals surface area contributed by atoms with E-state index < -0.39 is 6.10 Å². The Bertz CT molecular complexity index is 342. The molecule has 18 heavy (non-hydrogen) atoms. The summed E-state index contributed by atoms with van der Waals surface area (Å²) in [4.78, 5) is 2.20. The average Bonchev–Trinajstić information content (AvgIpc) is 2.36. The number of hydrogen-bond donors (Lipinski definition) is 1. The smallest absolute Gasteiger partial charge is 0.0802 e. The van der Waals surface area contributed by atoms with Crippen molar-refractivity contribution in [2.45, 2.75) is 25.5 Å². The van der Waals surface area contributed by atoms with Crippen LogP contribution in [-0.4, -0.2) is 43.4 Å². The van der Waals surface area contributed by atoms with Gasteiger partial charge in [-0.25, -0.2) is 0 Å². The quantitative estimate of drug-likeness (QED) is 0.840. The van der Waals surface area contributed by atoms with E-state index >= 15 is 0 Å².